The van der Waals surface area contributed by atoms with E-state index in [-0.39, 0.29) is 11.5 Å². The number of carbonyl (C=O) groups is 1. The lowest BCUT2D eigenvalue weighted by Crippen LogP contribution is -2.45. The minimum atomic E-state index is -3.41. The number of piperidine rings is 1. The number of nitrogens with zero attached hydrogens (tertiary/aromatic N) is 3. The monoisotopic (exact) mass is 389 g/mol. The minimum absolute atomic E-state index is 0.0666. The van der Waals surface area contributed by atoms with Crippen molar-refractivity contribution >= 4 is 16.2 Å². The molecule has 27 heavy (non-hydrogen) atoms. The molecule has 7 nitrogen and oxygen atoms in total. The van der Waals surface area contributed by atoms with Crippen molar-refractivity contribution in [3.05, 3.63) is 53.9 Å². The number of benzene rings is 1. The predicted molar refractivity (Wildman–Crippen MR) is 103 cm³/mol. The van der Waals surface area contributed by atoms with Crippen molar-refractivity contribution in [2.75, 3.05) is 27.2 Å². The maximum Gasteiger partial charge on any atom is 0.335 e. The van der Waals surface area contributed by atoms with E-state index in [1.807, 2.05) is 12.1 Å². The highest BCUT2D eigenvalue weighted by molar-refractivity contribution is 7.86. The largest absolute Gasteiger partial charge is 0.478 e. The van der Waals surface area contributed by atoms with Gasteiger partial charge < -0.3 is 5.11 Å². The van der Waals surface area contributed by atoms with Crippen molar-refractivity contribution < 1.29 is 18.3 Å². The third-order valence-corrected chi connectivity index (χ3v) is 6.75. The van der Waals surface area contributed by atoms with Gasteiger partial charge in [-0.25, -0.2) is 4.79 Å². The van der Waals surface area contributed by atoms with E-state index in [0.717, 1.165) is 29.7 Å². The molecule has 1 unspecified atom stereocenters. The van der Waals surface area contributed by atoms with Crippen molar-refractivity contribution in [2.45, 2.75) is 18.8 Å². The highest BCUT2D eigenvalue weighted by Gasteiger charge is 2.31. The number of carboxylic acid groups (broad SMARTS) is 1. The van der Waals surface area contributed by atoms with E-state index in [1.165, 1.54) is 8.61 Å². The first-order valence-electron chi connectivity index (χ1n) is 8.76. The molecule has 3 rings (SSSR count). The normalized spacial score (nSPS) is 18.6. The molecule has 2 aromatic rings. The highest BCUT2D eigenvalue weighted by Crippen LogP contribution is 2.29. The van der Waals surface area contributed by atoms with E-state index in [4.69, 9.17) is 5.11 Å². The molecule has 0 amide bonds. The molecule has 0 spiro atoms. The quantitative estimate of drug-likeness (QED) is 0.848. The second kappa shape index (κ2) is 7.75. The predicted octanol–water partition coefficient (Wildman–Crippen LogP) is 2.43. The summed E-state index contributed by atoms with van der Waals surface area (Å²) in [6.07, 6.45) is 3.46. The Bertz CT molecular complexity index is 909. The average Bonchev–Trinajstić information content (AvgIpc) is 2.68. The van der Waals surface area contributed by atoms with Gasteiger partial charge in [-0.05, 0) is 36.6 Å². The Morgan fingerprint density at radius 1 is 1.15 bits per heavy atom. The number of aromatic nitrogens is 1. The third kappa shape index (κ3) is 4.18. The van der Waals surface area contributed by atoms with Gasteiger partial charge in [-0.3, -0.25) is 4.98 Å². The van der Waals surface area contributed by atoms with Crippen LogP contribution in [0.25, 0.3) is 11.1 Å². The van der Waals surface area contributed by atoms with E-state index in [0.29, 0.717) is 13.1 Å². The smallest absolute Gasteiger partial charge is 0.335 e. The second-order valence-electron chi connectivity index (χ2n) is 6.84. The zero-order valence-electron chi connectivity index (χ0n) is 15.4. The second-order valence-corrected chi connectivity index (χ2v) is 8.98. The Kier molecular flexibility index (Phi) is 5.59. The van der Waals surface area contributed by atoms with Crippen LogP contribution in [-0.4, -0.2) is 60.3 Å². The zero-order chi connectivity index (χ0) is 19.6. The molecule has 1 saturated heterocycles. The first-order chi connectivity index (χ1) is 12.8. The third-order valence-electron chi connectivity index (χ3n) is 4.84. The standard InChI is InChI=1S/C19H23N3O4S/c1-21(2)27(25,26)22-11-3-4-17(13-22)18-10-9-16(12-20-18)14-5-7-15(8-6-14)19(23)24/h5-10,12,17H,3-4,11,13H2,1-2H3,(H,23,24). The molecule has 1 fully saturated rings. The molecule has 8 heteroatoms. The van der Waals surface area contributed by atoms with Crippen molar-refractivity contribution in [1.82, 2.24) is 13.6 Å². The molecule has 0 saturated carbocycles. The number of hydrogen-bond donors (Lipinski definition) is 1. The topological polar surface area (TPSA) is 90.8 Å². The van der Waals surface area contributed by atoms with Crippen molar-refractivity contribution in [3.8, 4) is 11.1 Å². The average molecular weight is 389 g/mol. The Hall–Kier alpha value is -2.29. The Morgan fingerprint density at radius 2 is 1.81 bits per heavy atom. The van der Waals surface area contributed by atoms with Gasteiger partial charge in [0.25, 0.3) is 10.2 Å². The lowest BCUT2D eigenvalue weighted by Gasteiger charge is -2.33. The molecular weight excluding hydrogens is 366 g/mol. The van der Waals surface area contributed by atoms with Crippen LogP contribution in [0.2, 0.25) is 0 Å². The molecule has 1 aliphatic rings. The van der Waals surface area contributed by atoms with Crippen LogP contribution in [0.5, 0.6) is 0 Å². The first kappa shape index (κ1) is 19.5. The molecule has 0 radical (unpaired) electrons. The summed E-state index contributed by atoms with van der Waals surface area (Å²) in [6, 6.07) is 10.5. The van der Waals surface area contributed by atoms with Gasteiger partial charge in [-0.2, -0.15) is 17.0 Å². The summed E-state index contributed by atoms with van der Waals surface area (Å²) in [5.74, 6) is -0.888. The summed E-state index contributed by atoms with van der Waals surface area (Å²) < 4.78 is 27.5. The summed E-state index contributed by atoms with van der Waals surface area (Å²) in [7, 11) is -0.326. The molecular formula is C19H23N3O4S. The van der Waals surface area contributed by atoms with Gasteiger partial charge in [-0.1, -0.05) is 18.2 Å². The van der Waals surface area contributed by atoms with Gasteiger partial charge >= 0.3 is 5.97 Å². The Labute approximate surface area is 159 Å². The maximum absolute atomic E-state index is 12.4. The van der Waals surface area contributed by atoms with Crippen LogP contribution in [0.1, 0.15) is 34.8 Å². The van der Waals surface area contributed by atoms with Crippen molar-refractivity contribution in [1.29, 1.82) is 0 Å². The molecule has 1 N–H and O–H groups in total. The minimum Gasteiger partial charge on any atom is -0.478 e. The number of aromatic carboxylic acids is 1. The van der Waals surface area contributed by atoms with E-state index in [1.54, 1.807) is 44.6 Å². The summed E-state index contributed by atoms with van der Waals surface area (Å²) in [5, 5.41) is 8.98. The lowest BCUT2D eigenvalue weighted by atomic mass is 9.95. The fourth-order valence-electron chi connectivity index (χ4n) is 3.25. The summed E-state index contributed by atoms with van der Waals surface area (Å²) >= 11 is 0. The van der Waals surface area contributed by atoms with Gasteiger partial charge in [0.15, 0.2) is 0 Å². The summed E-state index contributed by atoms with van der Waals surface area (Å²) in [4.78, 5) is 15.5. The van der Waals surface area contributed by atoms with Crippen molar-refractivity contribution in [3.63, 3.8) is 0 Å². The van der Waals surface area contributed by atoms with Crippen molar-refractivity contribution in [2.24, 2.45) is 0 Å². The number of carboxylic acids is 1. The molecule has 1 atom stereocenters. The van der Waals surface area contributed by atoms with Crippen LogP contribution >= 0.6 is 0 Å². The molecule has 2 heterocycles. The van der Waals surface area contributed by atoms with Gasteiger partial charge in [0.1, 0.15) is 0 Å². The summed E-state index contributed by atoms with van der Waals surface area (Å²) in [6.45, 7) is 0.963. The van der Waals surface area contributed by atoms with Crippen LogP contribution in [0.4, 0.5) is 0 Å². The molecule has 1 aliphatic heterocycles. The van der Waals surface area contributed by atoms with E-state index in [9.17, 15) is 13.2 Å². The molecule has 1 aromatic heterocycles. The highest BCUT2D eigenvalue weighted by atomic mass is 32.2. The Balaban J connectivity index is 1.76. The SMILES string of the molecule is CN(C)S(=O)(=O)N1CCCC(c2ccc(-c3ccc(C(=O)O)cc3)cn2)C1. The van der Waals surface area contributed by atoms with Gasteiger partial charge in [0.2, 0.25) is 0 Å². The number of hydrogen-bond acceptors (Lipinski definition) is 4. The molecule has 0 aliphatic carbocycles. The van der Waals surface area contributed by atoms with E-state index in [2.05, 4.69) is 4.98 Å². The fourth-order valence-corrected chi connectivity index (χ4v) is 4.44. The van der Waals surface area contributed by atoms with Gasteiger partial charge in [0.05, 0.1) is 5.56 Å². The maximum atomic E-state index is 12.4. The zero-order valence-corrected chi connectivity index (χ0v) is 16.2. The van der Waals surface area contributed by atoms with E-state index < -0.39 is 16.2 Å². The molecule has 144 valence electrons. The van der Waals surface area contributed by atoms with E-state index >= 15 is 0 Å². The van der Waals surface area contributed by atoms with Crippen LogP contribution < -0.4 is 0 Å². The fraction of sp³-hybridized carbons (Fsp3) is 0.368. The summed E-state index contributed by atoms with van der Waals surface area (Å²) in [5.41, 5.74) is 2.90. The van der Waals surface area contributed by atoms with Gasteiger partial charge in [-0.15, -0.1) is 0 Å². The lowest BCUT2D eigenvalue weighted by molar-refractivity contribution is 0.0697. The van der Waals surface area contributed by atoms with Crippen LogP contribution in [-0.2, 0) is 10.2 Å². The Morgan fingerprint density at radius 3 is 2.37 bits per heavy atom. The first-order valence-corrected chi connectivity index (χ1v) is 10.2. The molecule has 1 aromatic carbocycles. The number of rotatable bonds is 5. The van der Waals surface area contributed by atoms with Crippen LogP contribution in [0.15, 0.2) is 42.6 Å². The van der Waals surface area contributed by atoms with Crippen LogP contribution in [0.3, 0.4) is 0 Å². The van der Waals surface area contributed by atoms with Crippen LogP contribution in [0, 0.1) is 0 Å². The number of pyridine rings is 1. The van der Waals surface area contributed by atoms with Gasteiger partial charge in [0, 0.05) is 50.6 Å². The molecule has 0 bridgehead atoms.